The van der Waals surface area contributed by atoms with E-state index in [0.717, 1.165) is 54.6 Å². The van der Waals surface area contributed by atoms with Gasteiger partial charge >= 0.3 is 0 Å². The van der Waals surface area contributed by atoms with Crippen molar-refractivity contribution in [2.24, 2.45) is 0 Å². The molecule has 6 heteroatoms. The van der Waals surface area contributed by atoms with Crippen LogP contribution in [0.5, 0.6) is 0 Å². The van der Waals surface area contributed by atoms with Gasteiger partial charge in [-0.2, -0.15) is 0 Å². The van der Waals surface area contributed by atoms with Gasteiger partial charge in [-0.1, -0.05) is 91.0 Å². The molecule has 7 aromatic rings. The molecule has 0 aliphatic carbocycles. The highest BCUT2D eigenvalue weighted by Gasteiger charge is 2.16. The number of fused-ring (bicyclic) bond motifs is 4. The smallest absolute Gasteiger partial charge is 0.223 e. The average Bonchev–Trinajstić information content (AvgIpc) is 3.31. The van der Waals surface area contributed by atoms with Gasteiger partial charge in [0.1, 0.15) is 0 Å². The third-order valence-electron chi connectivity index (χ3n) is 6.26. The minimum Gasteiger partial charge on any atom is -0.228 e. The van der Waals surface area contributed by atoms with Crippen LogP contribution in [0.15, 0.2) is 103 Å². The predicted molar refractivity (Wildman–Crippen MR) is 149 cm³/mol. The summed E-state index contributed by atoms with van der Waals surface area (Å²) in [7, 11) is 0. The molecule has 4 nitrogen and oxygen atoms in total. The number of benzene rings is 4. The number of thiophene rings is 1. The molecule has 0 radical (unpaired) electrons. The van der Waals surface area contributed by atoms with Crippen molar-refractivity contribution in [1.29, 1.82) is 0 Å². The zero-order valence-electron chi connectivity index (χ0n) is 18.9. The van der Waals surface area contributed by atoms with Crippen molar-refractivity contribution < 1.29 is 0 Å². The Morgan fingerprint density at radius 3 is 2.03 bits per heavy atom. The van der Waals surface area contributed by atoms with Gasteiger partial charge < -0.3 is 0 Å². The minimum atomic E-state index is 0.246. The topological polar surface area (TPSA) is 51.6 Å². The number of nitrogens with zero attached hydrogens (tertiary/aromatic N) is 4. The van der Waals surface area contributed by atoms with Crippen molar-refractivity contribution in [3.63, 3.8) is 0 Å². The van der Waals surface area contributed by atoms with Crippen molar-refractivity contribution in [2.45, 2.75) is 0 Å². The Labute approximate surface area is 215 Å². The second-order valence-electron chi connectivity index (χ2n) is 8.47. The Bertz CT molecular complexity index is 1900. The van der Waals surface area contributed by atoms with Crippen LogP contribution in [0.1, 0.15) is 0 Å². The third kappa shape index (κ3) is 3.52. The minimum absolute atomic E-state index is 0.246. The summed E-state index contributed by atoms with van der Waals surface area (Å²) in [6, 6.07) is 34.8. The average molecular weight is 501 g/mol. The van der Waals surface area contributed by atoms with Crippen LogP contribution in [0.25, 0.3) is 65.1 Å². The Morgan fingerprint density at radius 1 is 0.528 bits per heavy atom. The molecule has 0 atom stereocenters. The maximum Gasteiger partial charge on any atom is 0.223 e. The standard InChI is InChI=1S/C30H17ClN4S/c31-30-34-26(28-27(35-30)22-11-5-7-13-24(22)36-28)19-14-16-20(17-15-19)29-32-23-12-6-4-10-21(23)25(33-29)18-8-2-1-3-9-18/h1-17H. The van der Waals surface area contributed by atoms with Crippen LogP contribution in [0.4, 0.5) is 0 Å². The van der Waals surface area contributed by atoms with Crippen molar-refractivity contribution in [2.75, 3.05) is 0 Å². The summed E-state index contributed by atoms with van der Waals surface area (Å²) in [5.74, 6) is 0.687. The molecule has 0 fully saturated rings. The molecule has 0 saturated carbocycles. The van der Waals surface area contributed by atoms with Gasteiger partial charge in [0, 0.05) is 32.2 Å². The van der Waals surface area contributed by atoms with Gasteiger partial charge in [0.25, 0.3) is 0 Å². The quantitative estimate of drug-likeness (QED) is 0.228. The number of halogens is 1. The van der Waals surface area contributed by atoms with E-state index < -0.39 is 0 Å². The number of para-hydroxylation sites is 1. The van der Waals surface area contributed by atoms with Gasteiger partial charge in [0.15, 0.2) is 5.82 Å². The molecule has 0 aliphatic rings. The van der Waals surface area contributed by atoms with Crippen molar-refractivity contribution in [3.8, 4) is 33.9 Å². The number of hydrogen-bond donors (Lipinski definition) is 0. The third-order valence-corrected chi connectivity index (χ3v) is 7.60. The normalized spacial score (nSPS) is 11.5. The molecule has 4 aromatic carbocycles. The number of aromatic nitrogens is 4. The van der Waals surface area contributed by atoms with Crippen LogP contribution >= 0.6 is 22.9 Å². The first-order valence-electron chi connectivity index (χ1n) is 11.5. The maximum absolute atomic E-state index is 6.35. The lowest BCUT2D eigenvalue weighted by Crippen LogP contribution is -1.95. The lowest BCUT2D eigenvalue weighted by molar-refractivity contribution is 1.22. The summed E-state index contributed by atoms with van der Waals surface area (Å²) < 4.78 is 2.20. The molecule has 36 heavy (non-hydrogen) atoms. The number of rotatable bonds is 3. The van der Waals surface area contributed by atoms with Gasteiger partial charge in [0.2, 0.25) is 5.28 Å². The van der Waals surface area contributed by atoms with Gasteiger partial charge in [-0.3, -0.25) is 0 Å². The second kappa shape index (κ2) is 8.48. The molecular weight excluding hydrogens is 484 g/mol. The van der Waals surface area contributed by atoms with E-state index in [-0.39, 0.29) is 5.28 Å². The number of hydrogen-bond acceptors (Lipinski definition) is 5. The summed E-state index contributed by atoms with van der Waals surface area (Å²) in [6.07, 6.45) is 0. The summed E-state index contributed by atoms with van der Waals surface area (Å²) >= 11 is 8.04. The second-order valence-corrected chi connectivity index (χ2v) is 9.86. The Hall–Kier alpha value is -4.19. The molecule has 170 valence electrons. The Morgan fingerprint density at radius 2 is 1.19 bits per heavy atom. The highest BCUT2D eigenvalue weighted by Crippen LogP contribution is 2.39. The molecule has 7 rings (SSSR count). The van der Waals surface area contributed by atoms with Crippen LogP contribution < -0.4 is 0 Å². The molecule has 0 spiro atoms. The highest BCUT2D eigenvalue weighted by atomic mass is 35.5. The summed E-state index contributed by atoms with van der Waals surface area (Å²) in [5.41, 5.74) is 6.55. The van der Waals surface area contributed by atoms with E-state index in [2.05, 4.69) is 52.4 Å². The molecule has 0 amide bonds. The monoisotopic (exact) mass is 500 g/mol. The molecular formula is C30H17ClN4S. The van der Waals surface area contributed by atoms with E-state index in [0.29, 0.717) is 5.82 Å². The van der Waals surface area contributed by atoms with E-state index >= 15 is 0 Å². The fourth-order valence-electron chi connectivity index (χ4n) is 4.56. The van der Waals surface area contributed by atoms with E-state index in [4.69, 9.17) is 21.6 Å². The van der Waals surface area contributed by atoms with Crippen LogP contribution in [-0.4, -0.2) is 19.9 Å². The van der Waals surface area contributed by atoms with Crippen molar-refractivity contribution in [3.05, 3.63) is 108 Å². The molecule has 3 heterocycles. The molecule has 3 aromatic heterocycles. The summed E-state index contributed by atoms with van der Waals surface area (Å²) in [4.78, 5) is 19.0. The van der Waals surface area contributed by atoms with Crippen LogP contribution in [-0.2, 0) is 0 Å². The zero-order chi connectivity index (χ0) is 24.1. The first-order valence-corrected chi connectivity index (χ1v) is 12.7. The molecule has 0 N–H and O–H groups in total. The van der Waals surface area contributed by atoms with Crippen molar-refractivity contribution in [1.82, 2.24) is 19.9 Å². The van der Waals surface area contributed by atoms with Gasteiger partial charge in [-0.05, 0) is 23.7 Å². The van der Waals surface area contributed by atoms with Gasteiger partial charge in [-0.15, -0.1) is 11.3 Å². The van der Waals surface area contributed by atoms with Crippen LogP contribution in [0.2, 0.25) is 5.28 Å². The zero-order valence-corrected chi connectivity index (χ0v) is 20.5. The molecule has 0 aliphatic heterocycles. The van der Waals surface area contributed by atoms with Gasteiger partial charge in [-0.25, -0.2) is 19.9 Å². The molecule has 0 saturated heterocycles. The molecule has 0 bridgehead atoms. The lowest BCUT2D eigenvalue weighted by Gasteiger charge is -2.10. The molecule has 0 unspecified atom stereocenters. The highest BCUT2D eigenvalue weighted by molar-refractivity contribution is 7.26. The van der Waals surface area contributed by atoms with E-state index in [9.17, 15) is 0 Å². The largest absolute Gasteiger partial charge is 0.228 e. The Kier molecular flexibility index (Phi) is 4.98. The van der Waals surface area contributed by atoms with E-state index in [1.807, 2.05) is 60.7 Å². The fraction of sp³-hybridized carbons (Fsp3) is 0. The van der Waals surface area contributed by atoms with E-state index in [1.165, 1.54) is 4.70 Å². The van der Waals surface area contributed by atoms with Gasteiger partial charge in [0.05, 0.1) is 27.1 Å². The van der Waals surface area contributed by atoms with E-state index in [1.54, 1.807) is 11.3 Å². The first kappa shape index (κ1) is 21.1. The lowest BCUT2D eigenvalue weighted by atomic mass is 10.0. The van der Waals surface area contributed by atoms with Crippen LogP contribution in [0, 0.1) is 0 Å². The summed E-state index contributed by atoms with van der Waals surface area (Å²) in [5, 5.41) is 2.38. The first-order chi connectivity index (χ1) is 17.7. The summed E-state index contributed by atoms with van der Waals surface area (Å²) in [6.45, 7) is 0. The predicted octanol–water partition coefficient (Wildman–Crippen LogP) is 8.44. The Balaban J connectivity index is 1.36. The maximum atomic E-state index is 6.35. The SMILES string of the molecule is Clc1nc(-c2ccc(-c3nc(-c4ccccc4)c4ccccc4n3)cc2)c2sc3ccccc3c2n1. The van der Waals surface area contributed by atoms with Crippen LogP contribution in [0.3, 0.4) is 0 Å². The fourth-order valence-corrected chi connectivity index (χ4v) is 5.88. The van der Waals surface area contributed by atoms with Crippen molar-refractivity contribution >= 4 is 54.1 Å².